The van der Waals surface area contributed by atoms with Gasteiger partial charge in [-0.1, -0.05) is 18.2 Å². The number of aromatic amines is 1. The highest BCUT2D eigenvalue weighted by Gasteiger charge is 2.28. The van der Waals surface area contributed by atoms with Crippen molar-refractivity contribution in [1.82, 2.24) is 10.3 Å². The summed E-state index contributed by atoms with van der Waals surface area (Å²) < 4.78 is 0. The first-order valence-corrected chi connectivity index (χ1v) is 7.80. The van der Waals surface area contributed by atoms with Gasteiger partial charge >= 0.3 is 0 Å². The monoisotopic (exact) mass is 302 g/mol. The maximum Gasteiger partial charge on any atom is 0.275 e. The number of nitrogens with one attached hydrogen (secondary N) is 3. The molecule has 5 nitrogen and oxygen atoms in total. The molecule has 1 amide bonds. The molecule has 1 aromatic carbocycles. The van der Waals surface area contributed by atoms with E-state index < -0.39 is 0 Å². The Morgan fingerprint density at radius 1 is 1.27 bits per heavy atom. The quantitative estimate of drug-likeness (QED) is 0.662. The van der Waals surface area contributed by atoms with E-state index in [4.69, 9.17) is 0 Å². The summed E-state index contributed by atoms with van der Waals surface area (Å²) in [5, 5.41) is 3.73. The predicted octanol–water partition coefficient (Wildman–Crippen LogP) is 0.780. The van der Waals surface area contributed by atoms with Gasteiger partial charge in [0.1, 0.15) is 6.04 Å². The third-order valence-corrected chi connectivity index (χ3v) is 4.08. The fraction of sp³-hybridized carbons (Fsp3) is 0.412. The Morgan fingerprint density at radius 2 is 2.00 bits per heavy atom. The van der Waals surface area contributed by atoms with Crippen LogP contribution in [0.25, 0.3) is 10.9 Å². The number of fused-ring (bicyclic) bond motifs is 1. The van der Waals surface area contributed by atoms with E-state index in [9.17, 15) is 9.59 Å². The van der Waals surface area contributed by atoms with Crippen molar-refractivity contribution in [3.8, 4) is 0 Å². The molecule has 0 saturated heterocycles. The largest absolute Gasteiger partial charge is 0.360 e. The highest BCUT2D eigenvalue weighted by atomic mass is 16.2. The fourth-order valence-corrected chi connectivity index (χ4v) is 2.74. The number of amides is 1. The van der Waals surface area contributed by atoms with Crippen LogP contribution in [-0.4, -0.2) is 42.4 Å². The van der Waals surface area contributed by atoms with Crippen LogP contribution in [0.1, 0.15) is 31.1 Å². The van der Waals surface area contributed by atoms with Crippen LogP contribution in [0.4, 0.5) is 0 Å². The number of carbonyl (C=O) groups is 2. The number of likely N-dealkylation sites (N-methyl/N-ethyl adjacent to an activating group) is 2. The van der Waals surface area contributed by atoms with E-state index in [0.717, 1.165) is 22.3 Å². The van der Waals surface area contributed by atoms with Crippen LogP contribution in [0, 0.1) is 0 Å². The fourth-order valence-electron chi connectivity index (χ4n) is 2.74. The molecule has 1 heterocycles. The molecule has 1 unspecified atom stereocenters. The molecule has 22 heavy (non-hydrogen) atoms. The van der Waals surface area contributed by atoms with Gasteiger partial charge in [0.25, 0.3) is 5.91 Å². The van der Waals surface area contributed by atoms with E-state index in [1.54, 1.807) is 6.20 Å². The molecule has 0 bridgehead atoms. The lowest BCUT2D eigenvalue weighted by Gasteiger charge is -2.23. The molecular formula is C17H24N3O2+. The smallest absolute Gasteiger partial charge is 0.275 e. The van der Waals surface area contributed by atoms with Crippen molar-refractivity contribution in [3.05, 3.63) is 36.0 Å². The number of hydrogen-bond donors (Lipinski definition) is 3. The topological polar surface area (TPSA) is 66.4 Å². The number of benzene rings is 1. The van der Waals surface area contributed by atoms with Crippen LogP contribution in [0.15, 0.2) is 30.5 Å². The second-order valence-electron chi connectivity index (χ2n) is 5.48. The lowest BCUT2D eigenvalue weighted by atomic mass is 10.0. The minimum atomic E-state index is -0.258. The lowest BCUT2D eigenvalue weighted by Crippen LogP contribution is -3.17. The van der Waals surface area contributed by atoms with Gasteiger partial charge in [-0.25, -0.2) is 0 Å². The first-order chi connectivity index (χ1) is 10.6. The third-order valence-electron chi connectivity index (χ3n) is 4.08. The average Bonchev–Trinajstić information content (AvgIpc) is 2.95. The van der Waals surface area contributed by atoms with Gasteiger partial charge in [0.15, 0.2) is 6.54 Å². The van der Waals surface area contributed by atoms with Gasteiger partial charge in [-0.3, -0.25) is 9.59 Å². The van der Waals surface area contributed by atoms with E-state index in [1.165, 1.54) is 0 Å². The summed E-state index contributed by atoms with van der Waals surface area (Å²) in [5.74, 6) is 0.0523. The van der Waals surface area contributed by atoms with E-state index >= 15 is 0 Å². The number of carbonyl (C=O) groups excluding carboxylic acids is 2. The second kappa shape index (κ2) is 7.22. The van der Waals surface area contributed by atoms with Crippen molar-refractivity contribution in [1.29, 1.82) is 0 Å². The standard InChI is InChI=1S/C17H23N3O2/c1-4-18-16(21)11-20(5-2)12(3)17(22)14-10-19-15-9-7-6-8-13(14)15/h6-10,12,19H,4-5,11H2,1-3H3,(H,18,21)/p+1/t12-/m0/s1. The number of rotatable bonds is 7. The molecular weight excluding hydrogens is 278 g/mol. The first-order valence-electron chi connectivity index (χ1n) is 7.80. The molecule has 2 rings (SSSR count). The molecule has 2 atom stereocenters. The molecule has 5 heteroatoms. The molecule has 0 saturated carbocycles. The Labute approximate surface area is 130 Å². The van der Waals surface area contributed by atoms with Crippen molar-refractivity contribution in [2.75, 3.05) is 19.6 Å². The van der Waals surface area contributed by atoms with Crippen LogP contribution in [0.3, 0.4) is 0 Å². The Kier molecular flexibility index (Phi) is 5.33. The Hall–Kier alpha value is -2.14. The summed E-state index contributed by atoms with van der Waals surface area (Å²) in [4.78, 5) is 28.7. The lowest BCUT2D eigenvalue weighted by molar-refractivity contribution is -0.903. The number of hydrogen-bond acceptors (Lipinski definition) is 2. The van der Waals surface area contributed by atoms with Crippen LogP contribution in [0.2, 0.25) is 0 Å². The Morgan fingerprint density at radius 3 is 2.68 bits per heavy atom. The van der Waals surface area contributed by atoms with Crippen molar-refractivity contribution in [2.24, 2.45) is 0 Å². The number of Topliss-reactive ketones (excluding diaryl/α,β-unsaturated/α-hetero) is 1. The maximum absolute atomic E-state index is 12.8. The van der Waals surface area contributed by atoms with Gasteiger partial charge in [-0.05, 0) is 26.8 Å². The second-order valence-corrected chi connectivity index (χ2v) is 5.48. The summed E-state index contributed by atoms with van der Waals surface area (Å²) >= 11 is 0. The minimum absolute atomic E-state index is 0.0158. The van der Waals surface area contributed by atoms with Crippen molar-refractivity contribution >= 4 is 22.6 Å². The number of aromatic nitrogens is 1. The summed E-state index contributed by atoms with van der Waals surface area (Å²) in [7, 11) is 0. The van der Waals surface area contributed by atoms with Crippen LogP contribution in [-0.2, 0) is 4.79 Å². The summed E-state index contributed by atoms with van der Waals surface area (Å²) in [6, 6.07) is 7.51. The van der Waals surface area contributed by atoms with Crippen molar-refractivity contribution in [3.63, 3.8) is 0 Å². The summed E-state index contributed by atoms with van der Waals surface area (Å²) in [6.07, 6.45) is 1.77. The molecule has 0 radical (unpaired) electrons. The van der Waals surface area contributed by atoms with Gasteiger partial charge in [-0.15, -0.1) is 0 Å². The molecule has 0 aliphatic carbocycles. The molecule has 0 fully saturated rings. The molecule has 0 spiro atoms. The Balaban J connectivity index is 2.18. The summed E-state index contributed by atoms with van der Waals surface area (Å²) in [5.41, 5.74) is 1.66. The zero-order valence-corrected chi connectivity index (χ0v) is 13.4. The maximum atomic E-state index is 12.8. The Bertz CT molecular complexity index is 663. The zero-order valence-electron chi connectivity index (χ0n) is 13.4. The van der Waals surface area contributed by atoms with E-state index in [1.807, 2.05) is 45.0 Å². The van der Waals surface area contributed by atoms with E-state index in [0.29, 0.717) is 18.7 Å². The van der Waals surface area contributed by atoms with Crippen LogP contribution < -0.4 is 10.2 Å². The summed E-state index contributed by atoms with van der Waals surface area (Å²) in [6.45, 7) is 7.44. The van der Waals surface area contributed by atoms with Crippen molar-refractivity contribution in [2.45, 2.75) is 26.8 Å². The van der Waals surface area contributed by atoms with E-state index in [-0.39, 0.29) is 17.7 Å². The number of H-pyrrole nitrogens is 1. The molecule has 0 aliphatic heterocycles. The van der Waals surface area contributed by atoms with Gasteiger partial charge in [-0.2, -0.15) is 0 Å². The normalized spacial score (nSPS) is 13.8. The molecule has 118 valence electrons. The van der Waals surface area contributed by atoms with Gasteiger partial charge in [0.2, 0.25) is 5.78 Å². The van der Waals surface area contributed by atoms with Gasteiger partial charge < -0.3 is 15.2 Å². The van der Waals surface area contributed by atoms with Crippen LogP contribution in [0.5, 0.6) is 0 Å². The predicted molar refractivity (Wildman–Crippen MR) is 87.1 cm³/mol. The van der Waals surface area contributed by atoms with Crippen LogP contribution >= 0.6 is 0 Å². The SMILES string of the molecule is CCNC(=O)C[NH+](CC)[C@@H](C)C(=O)c1c[nH]c2ccccc12. The minimum Gasteiger partial charge on any atom is -0.360 e. The number of ketones is 1. The third kappa shape index (κ3) is 3.36. The number of quaternary nitrogens is 1. The number of para-hydroxylation sites is 1. The van der Waals surface area contributed by atoms with Gasteiger partial charge in [0, 0.05) is 29.2 Å². The first kappa shape index (κ1) is 16.2. The van der Waals surface area contributed by atoms with Gasteiger partial charge in [0.05, 0.1) is 6.54 Å². The molecule has 0 aliphatic rings. The van der Waals surface area contributed by atoms with E-state index in [2.05, 4.69) is 10.3 Å². The highest BCUT2D eigenvalue weighted by molar-refractivity contribution is 6.09. The molecule has 3 N–H and O–H groups in total. The molecule has 1 aromatic heterocycles. The zero-order chi connectivity index (χ0) is 16.1. The van der Waals surface area contributed by atoms with Crippen molar-refractivity contribution < 1.29 is 14.5 Å². The molecule has 2 aromatic rings. The average molecular weight is 302 g/mol. The highest BCUT2D eigenvalue weighted by Crippen LogP contribution is 2.18.